The van der Waals surface area contributed by atoms with Gasteiger partial charge in [0.05, 0.1) is 12.6 Å². The Morgan fingerprint density at radius 1 is 1.55 bits per heavy atom. The lowest BCUT2D eigenvalue weighted by molar-refractivity contribution is -0.910. The summed E-state index contributed by atoms with van der Waals surface area (Å²) in [5.74, 6) is 0.196. The van der Waals surface area contributed by atoms with Crippen molar-refractivity contribution in [2.75, 3.05) is 13.1 Å². The van der Waals surface area contributed by atoms with Gasteiger partial charge in [-0.1, -0.05) is 0 Å². The molecule has 62 valence electrons. The third kappa shape index (κ3) is 1.25. The Kier molecular flexibility index (Phi) is 1.60. The molecule has 3 atom stereocenters. The maximum absolute atomic E-state index is 10.4. The number of hydrogen-bond acceptors (Lipinski definition) is 1. The van der Waals surface area contributed by atoms with Crippen LogP contribution in [0.25, 0.3) is 0 Å². The highest BCUT2D eigenvalue weighted by molar-refractivity contribution is 5.67. The van der Waals surface area contributed by atoms with Crippen LogP contribution in [-0.2, 0) is 4.79 Å². The van der Waals surface area contributed by atoms with E-state index in [4.69, 9.17) is 5.11 Å². The van der Waals surface area contributed by atoms with E-state index in [1.165, 1.54) is 24.2 Å². The number of likely N-dealkylation sites (tertiary alicyclic amines) is 1. The molecule has 3 heteroatoms. The fourth-order valence-corrected chi connectivity index (χ4v) is 2.58. The van der Waals surface area contributed by atoms with Crippen LogP contribution in [0.2, 0.25) is 0 Å². The Hall–Kier alpha value is -0.570. The van der Waals surface area contributed by atoms with Crippen molar-refractivity contribution in [1.82, 2.24) is 0 Å². The Balaban J connectivity index is 1.92. The first-order valence-electron chi connectivity index (χ1n) is 4.32. The molecule has 1 aliphatic carbocycles. The van der Waals surface area contributed by atoms with Crippen molar-refractivity contribution in [2.45, 2.75) is 25.3 Å². The van der Waals surface area contributed by atoms with Crippen molar-refractivity contribution >= 4 is 5.97 Å². The van der Waals surface area contributed by atoms with Crippen molar-refractivity contribution < 1.29 is 14.8 Å². The first-order valence-corrected chi connectivity index (χ1v) is 4.32. The van der Waals surface area contributed by atoms with E-state index in [9.17, 15) is 4.79 Å². The quantitative estimate of drug-likeness (QED) is 0.546. The summed E-state index contributed by atoms with van der Waals surface area (Å²) >= 11 is 0. The van der Waals surface area contributed by atoms with E-state index in [1.54, 1.807) is 0 Å². The van der Waals surface area contributed by atoms with Crippen LogP contribution >= 0.6 is 0 Å². The van der Waals surface area contributed by atoms with Crippen LogP contribution in [0.1, 0.15) is 19.3 Å². The second-order valence-electron chi connectivity index (χ2n) is 3.81. The number of aliphatic carboxylic acids is 1. The molecule has 2 N–H and O–H groups in total. The van der Waals surface area contributed by atoms with Crippen LogP contribution in [0, 0.1) is 5.92 Å². The van der Waals surface area contributed by atoms with Crippen LogP contribution in [0.4, 0.5) is 0 Å². The van der Waals surface area contributed by atoms with Gasteiger partial charge in [-0.15, -0.1) is 0 Å². The van der Waals surface area contributed by atoms with Gasteiger partial charge in [0.15, 0.2) is 6.54 Å². The van der Waals surface area contributed by atoms with Crippen molar-refractivity contribution in [3.05, 3.63) is 0 Å². The number of hydrogen-bond donors (Lipinski definition) is 2. The van der Waals surface area contributed by atoms with Crippen molar-refractivity contribution in [1.29, 1.82) is 0 Å². The monoisotopic (exact) mass is 156 g/mol. The molecule has 0 aromatic heterocycles. The average molecular weight is 156 g/mol. The summed E-state index contributed by atoms with van der Waals surface area (Å²) in [5.41, 5.74) is 0. The zero-order chi connectivity index (χ0) is 7.84. The second kappa shape index (κ2) is 2.48. The van der Waals surface area contributed by atoms with E-state index < -0.39 is 5.97 Å². The molecule has 1 unspecified atom stereocenters. The van der Waals surface area contributed by atoms with Crippen molar-refractivity contribution in [3.8, 4) is 0 Å². The van der Waals surface area contributed by atoms with Crippen LogP contribution < -0.4 is 4.90 Å². The molecule has 0 amide bonds. The van der Waals surface area contributed by atoms with Gasteiger partial charge >= 0.3 is 5.97 Å². The van der Waals surface area contributed by atoms with Crippen LogP contribution in [0.3, 0.4) is 0 Å². The molecule has 2 bridgehead atoms. The van der Waals surface area contributed by atoms with Gasteiger partial charge in [0, 0.05) is 12.3 Å². The normalized spacial score (nSPS) is 41.3. The summed E-state index contributed by atoms with van der Waals surface area (Å²) in [7, 11) is 0. The molecule has 0 radical (unpaired) electrons. The second-order valence-corrected chi connectivity index (χ2v) is 3.81. The van der Waals surface area contributed by atoms with Gasteiger partial charge < -0.3 is 10.0 Å². The number of nitrogens with one attached hydrogen (secondary N) is 1. The highest BCUT2D eigenvalue weighted by Crippen LogP contribution is 2.26. The average Bonchev–Trinajstić information content (AvgIpc) is 2.45. The third-order valence-electron chi connectivity index (χ3n) is 3.05. The predicted octanol–water partition coefficient (Wildman–Crippen LogP) is -0.862. The predicted molar refractivity (Wildman–Crippen MR) is 39.5 cm³/mol. The lowest BCUT2D eigenvalue weighted by Gasteiger charge is -2.21. The highest BCUT2D eigenvalue weighted by atomic mass is 16.4. The molecule has 2 rings (SSSR count). The summed E-state index contributed by atoms with van der Waals surface area (Å²) in [5, 5.41) is 8.58. The molecule has 0 aromatic rings. The minimum absolute atomic E-state index is 0.334. The first-order chi connectivity index (χ1) is 5.25. The Bertz CT molecular complexity index is 181. The molecule has 1 saturated carbocycles. The van der Waals surface area contributed by atoms with E-state index in [1.807, 2.05) is 0 Å². The van der Waals surface area contributed by atoms with Crippen molar-refractivity contribution in [3.63, 3.8) is 0 Å². The van der Waals surface area contributed by atoms with Crippen LogP contribution in [0.15, 0.2) is 0 Å². The number of piperidine rings is 1. The zero-order valence-corrected chi connectivity index (χ0v) is 6.55. The molecule has 1 aliphatic heterocycles. The van der Waals surface area contributed by atoms with E-state index in [0.29, 0.717) is 12.6 Å². The van der Waals surface area contributed by atoms with Gasteiger partial charge in [-0.25, -0.2) is 4.79 Å². The molecule has 11 heavy (non-hydrogen) atoms. The Morgan fingerprint density at radius 2 is 2.36 bits per heavy atom. The molecule has 2 aliphatic rings. The lowest BCUT2D eigenvalue weighted by atomic mass is 10.1. The molecule has 3 nitrogen and oxygen atoms in total. The summed E-state index contributed by atoms with van der Waals surface area (Å²) in [6.45, 7) is 1.44. The fourth-order valence-electron chi connectivity index (χ4n) is 2.58. The summed E-state index contributed by atoms with van der Waals surface area (Å²) in [6.07, 6.45) is 3.88. The van der Waals surface area contributed by atoms with Crippen LogP contribution in [0.5, 0.6) is 0 Å². The molecule has 1 heterocycles. The van der Waals surface area contributed by atoms with Gasteiger partial charge in [-0.2, -0.15) is 0 Å². The van der Waals surface area contributed by atoms with E-state index >= 15 is 0 Å². The van der Waals surface area contributed by atoms with Crippen LogP contribution in [-0.4, -0.2) is 30.2 Å². The Morgan fingerprint density at radius 3 is 2.82 bits per heavy atom. The van der Waals surface area contributed by atoms with Gasteiger partial charge in [0.1, 0.15) is 0 Å². The molecule has 1 saturated heterocycles. The first kappa shape index (κ1) is 7.10. The minimum Gasteiger partial charge on any atom is -0.477 e. The maximum Gasteiger partial charge on any atom is 0.359 e. The van der Waals surface area contributed by atoms with Gasteiger partial charge in [-0.3, -0.25) is 0 Å². The smallest absolute Gasteiger partial charge is 0.359 e. The molecule has 0 spiro atoms. The SMILES string of the molecule is O=C(O)C[NH+]1C[C@H]2CC[C@@H]1C2. The largest absolute Gasteiger partial charge is 0.477 e. The molecule has 2 fully saturated rings. The van der Waals surface area contributed by atoms with E-state index in [-0.39, 0.29) is 0 Å². The zero-order valence-electron chi connectivity index (χ0n) is 6.55. The summed E-state index contributed by atoms with van der Waals surface area (Å²) in [4.78, 5) is 11.7. The van der Waals surface area contributed by atoms with Gasteiger partial charge in [0.2, 0.25) is 0 Å². The molecule has 0 aromatic carbocycles. The summed E-state index contributed by atoms with van der Waals surface area (Å²) < 4.78 is 0. The minimum atomic E-state index is -0.646. The lowest BCUT2D eigenvalue weighted by Crippen LogP contribution is -3.15. The molecular weight excluding hydrogens is 142 g/mol. The number of fused-ring (bicyclic) bond motifs is 2. The number of carbonyl (C=O) groups is 1. The Labute approximate surface area is 66.0 Å². The number of carboxylic acids is 1. The standard InChI is InChI=1S/C8H13NO2/c10-8(11)5-9-4-6-1-2-7(9)3-6/h6-7H,1-5H2,(H,10,11)/p+1/t6-,7+/m0/s1. The number of carboxylic acid groups (broad SMARTS) is 1. The van der Waals surface area contributed by atoms with E-state index in [2.05, 4.69) is 0 Å². The third-order valence-corrected chi connectivity index (χ3v) is 3.05. The highest BCUT2D eigenvalue weighted by Gasteiger charge is 2.42. The number of quaternary nitrogens is 1. The topological polar surface area (TPSA) is 41.7 Å². The molecular formula is C8H14NO2+. The maximum atomic E-state index is 10.4. The summed E-state index contributed by atoms with van der Waals surface area (Å²) in [6, 6.07) is 0.677. The van der Waals surface area contributed by atoms with Gasteiger partial charge in [0.25, 0.3) is 0 Å². The number of rotatable bonds is 2. The van der Waals surface area contributed by atoms with Gasteiger partial charge in [-0.05, 0) is 12.8 Å². The van der Waals surface area contributed by atoms with Crippen molar-refractivity contribution in [2.24, 2.45) is 5.92 Å². The van der Waals surface area contributed by atoms with E-state index in [0.717, 1.165) is 12.5 Å². The fraction of sp³-hybridized carbons (Fsp3) is 0.875.